The van der Waals surface area contributed by atoms with Gasteiger partial charge >= 0.3 is 0 Å². The molecule has 4 nitrogen and oxygen atoms in total. The Labute approximate surface area is 162 Å². The quantitative estimate of drug-likeness (QED) is 0.480. The highest BCUT2D eigenvalue weighted by Crippen LogP contribution is 2.37. The third kappa shape index (κ3) is 2.94. The number of Topliss-reactive ketones (excluding diaryl/α,β-unsaturated/α-hetero) is 1. The normalized spacial score (nSPS) is 11.3. The van der Waals surface area contributed by atoms with Crippen molar-refractivity contribution in [2.45, 2.75) is 5.54 Å². The summed E-state index contributed by atoms with van der Waals surface area (Å²) in [6.45, 7) is 0. The van der Waals surface area contributed by atoms with Gasteiger partial charge in [0.15, 0.2) is 11.3 Å². The number of hydrogen-bond donors (Lipinski definition) is 0. The standard InChI is InChI=1S/C22H16ClN3O/c23-20-13-11-17(12-14-20)21(27)22(26-15-24-25-16-26,18-7-3-1-4-8-18)19-9-5-2-6-10-19/h1-16H. The summed E-state index contributed by atoms with van der Waals surface area (Å²) in [4.78, 5) is 14.0. The van der Waals surface area contributed by atoms with E-state index in [1.54, 1.807) is 41.5 Å². The molecule has 0 radical (unpaired) electrons. The van der Waals surface area contributed by atoms with Crippen LogP contribution in [-0.2, 0) is 5.54 Å². The van der Waals surface area contributed by atoms with Crippen LogP contribution < -0.4 is 0 Å². The van der Waals surface area contributed by atoms with E-state index in [1.165, 1.54) is 0 Å². The van der Waals surface area contributed by atoms with Crippen LogP contribution in [0.1, 0.15) is 21.5 Å². The summed E-state index contributed by atoms with van der Waals surface area (Å²) in [5.41, 5.74) is 1.09. The number of halogens is 1. The van der Waals surface area contributed by atoms with Crippen LogP contribution in [0.25, 0.3) is 0 Å². The molecular weight excluding hydrogens is 358 g/mol. The molecule has 0 aliphatic carbocycles. The second-order valence-electron chi connectivity index (χ2n) is 6.15. The molecule has 0 amide bonds. The van der Waals surface area contributed by atoms with Crippen molar-refractivity contribution in [3.05, 3.63) is 119 Å². The van der Waals surface area contributed by atoms with E-state index in [2.05, 4.69) is 10.2 Å². The van der Waals surface area contributed by atoms with Crippen LogP contribution in [0.2, 0.25) is 5.02 Å². The first-order valence-electron chi connectivity index (χ1n) is 8.49. The van der Waals surface area contributed by atoms with Gasteiger partial charge in [-0.3, -0.25) is 9.36 Å². The fraction of sp³-hybridized carbons (Fsp3) is 0.0455. The Kier molecular flexibility index (Phi) is 4.57. The Bertz CT molecular complexity index is 991. The maximum atomic E-state index is 14.0. The molecule has 0 atom stereocenters. The van der Waals surface area contributed by atoms with Gasteiger partial charge in [0.25, 0.3) is 0 Å². The third-order valence-corrected chi connectivity index (χ3v) is 4.88. The summed E-state index contributed by atoms with van der Waals surface area (Å²) >= 11 is 6.03. The summed E-state index contributed by atoms with van der Waals surface area (Å²) in [6.07, 6.45) is 3.15. The van der Waals surface area contributed by atoms with Crippen LogP contribution in [0, 0.1) is 0 Å². The number of carbonyl (C=O) groups excluding carboxylic acids is 1. The van der Waals surface area contributed by atoms with Gasteiger partial charge in [0.1, 0.15) is 12.7 Å². The first-order valence-corrected chi connectivity index (χ1v) is 8.87. The number of rotatable bonds is 5. The summed E-state index contributed by atoms with van der Waals surface area (Å²) in [6, 6.07) is 26.3. The maximum absolute atomic E-state index is 14.0. The Balaban J connectivity index is 2.05. The van der Waals surface area contributed by atoms with E-state index >= 15 is 0 Å². The minimum absolute atomic E-state index is 0.0867. The molecule has 0 bridgehead atoms. The molecule has 0 spiro atoms. The molecule has 132 valence electrons. The minimum Gasteiger partial charge on any atom is -0.298 e. The van der Waals surface area contributed by atoms with Gasteiger partial charge in [0.2, 0.25) is 0 Å². The average molecular weight is 374 g/mol. The van der Waals surface area contributed by atoms with E-state index in [4.69, 9.17) is 11.6 Å². The monoisotopic (exact) mass is 373 g/mol. The van der Waals surface area contributed by atoms with E-state index in [0.29, 0.717) is 10.6 Å². The molecule has 27 heavy (non-hydrogen) atoms. The molecule has 0 fully saturated rings. The predicted octanol–water partition coefficient (Wildman–Crippen LogP) is 4.61. The van der Waals surface area contributed by atoms with Crippen molar-refractivity contribution in [3.63, 3.8) is 0 Å². The molecule has 4 rings (SSSR count). The fourth-order valence-corrected chi connectivity index (χ4v) is 3.51. The number of hydrogen-bond acceptors (Lipinski definition) is 3. The van der Waals surface area contributed by atoms with Crippen molar-refractivity contribution in [3.8, 4) is 0 Å². The molecule has 4 aromatic rings. The van der Waals surface area contributed by atoms with Crippen LogP contribution in [-0.4, -0.2) is 20.5 Å². The topological polar surface area (TPSA) is 47.8 Å². The summed E-state index contributed by atoms with van der Waals surface area (Å²) in [5.74, 6) is -0.0867. The van der Waals surface area contributed by atoms with Crippen molar-refractivity contribution in [1.29, 1.82) is 0 Å². The van der Waals surface area contributed by atoms with Gasteiger partial charge in [0.05, 0.1) is 0 Å². The van der Waals surface area contributed by atoms with Crippen LogP contribution in [0.4, 0.5) is 0 Å². The van der Waals surface area contributed by atoms with Crippen LogP contribution in [0.3, 0.4) is 0 Å². The lowest BCUT2D eigenvalue weighted by atomic mass is 9.76. The van der Waals surface area contributed by atoms with Crippen molar-refractivity contribution in [2.24, 2.45) is 0 Å². The largest absolute Gasteiger partial charge is 0.298 e. The lowest BCUT2D eigenvalue weighted by Crippen LogP contribution is -2.43. The lowest BCUT2D eigenvalue weighted by Gasteiger charge is -2.34. The molecular formula is C22H16ClN3O. The second kappa shape index (κ2) is 7.17. The van der Waals surface area contributed by atoms with Crippen molar-refractivity contribution < 1.29 is 4.79 Å². The zero-order valence-corrected chi connectivity index (χ0v) is 15.1. The van der Waals surface area contributed by atoms with Crippen LogP contribution in [0.5, 0.6) is 0 Å². The maximum Gasteiger partial charge on any atom is 0.198 e. The molecule has 0 N–H and O–H groups in total. The molecule has 1 heterocycles. The Morgan fingerprint density at radius 1 is 0.741 bits per heavy atom. The van der Waals surface area contributed by atoms with E-state index in [1.807, 2.05) is 60.7 Å². The van der Waals surface area contributed by atoms with Gasteiger partial charge in [-0.15, -0.1) is 10.2 Å². The smallest absolute Gasteiger partial charge is 0.198 e. The lowest BCUT2D eigenvalue weighted by molar-refractivity contribution is 0.0888. The summed E-state index contributed by atoms with van der Waals surface area (Å²) in [7, 11) is 0. The zero-order valence-electron chi connectivity index (χ0n) is 14.4. The molecule has 0 aliphatic rings. The molecule has 0 saturated heterocycles. The van der Waals surface area contributed by atoms with Gasteiger partial charge in [0, 0.05) is 10.6 Å². The van der Waals surface area contributed by atoms with Gasteiger partial charge in [-0.2, -0.15) is 0 Å². The second-order valence-corrected chi connectivity index (χ2v) is 6.58. The number of carbonyl (C=O) groups is 1. The van der Waals surface area contributed by atoms with Gasteiger partial charge in [-0.05, 0) is 35.4 Å². The SMILES string of the molecule is O=C(c1ccc(Cl)cc1)C(c1ccccc1)(c1ccccc1)n1cnnc1. The molecule has 5 heteroatoms. The third-order valence-electron chi connectivity index (χ3n) is 4.62. The Hall–Kier alpha value is -3.24. The van der Waals surface area contributed by atoms with E-state index in [0.717, 1.165) is 11.1 Å². The molecule has 0 saturated carbocycles. The van der Waals surface area contributed by atoms with Crippen molar-refractivity contribution in [1.82, 2.24) is 14.8 Å². The highest BCUT2D eigenvalue weighted by molar-refractivity contribution is 6.30. The van der Waals surface area contributed by atoms with E-state index in [-0.39, 0.29) is 5.78 Å². The van der Waals surface area contributed by atoms with Crippen LogP contribution >= 0.6 is 11.6 Å². The number of ketones is 1. The average Bonchev–Trinajstić information content (AvgIpc) is 3.26. The number of nitrogens with zero attached hydrogens (tertiary/aromatic N) is 3. The highest BCUT2D eigenvalue weighted by Gasteiger charge is 2.44. The Morgan fingerprint density at radius 2 is 1.22 bits per heavy atom. The van der Waals surface area contributed by atoms with Gasteiger partial charge in [-0.1, -0.05) is 72.3 Å². The minimum atomic E-state index is -1.13. The molecule has 3 aromatic carbocycles. The van der Waals surface area contributed by atoms with E-state index in [9.17, 15) is 4.79 Å². The van der Waals surface area contributed by atoms with Crippen molar-refractivity contribution >= 4 is 17.4 Å². The summed E-state index contributed by atoms with van der Waals surface area (Å²) in [5, 5.41) is 8.52. The fourth-order valence-electron chi connectivity index (χ4n) is 3.39. The zero-order chi connectivity index (χ0) is 18.7. The molecule has 0 unspecified atom stereocenters. The Morgan fingerprint density at radius 3 is 1.70 bits per heavy atom. The first kappa shape index (κ1) is 17.2. The van der Waals surface area contributed by atoms with Gasteiger partial charge in [-0.25, -0.2) is 0 Å². The molecule has 0 aliphatic heterocycles. The highest BCUT2D eigenvalue weighted by atomic mass is 35.5. The van der Waals surface area contributed by atoms with Crippen molar-refractivity contribution in [2.75, 3.05) is 0 Å². The first-order chi connectivity index (χ1) is 13.2. The summed E-state index contributed by atoms with van der Waals surface area (Å²) < 4.78 is 1.76. The molecule has 1 aromatic heterocycles. The van der Waals surface area contributed by atoms with Crippen LogP contribution in [0.15, 0.2) is 97.6 Å². The predicted molar refractivity (Wildman–Crippen MR) is 105 cm³/mol. The van der Waals surface area contributed by atoms with E-state index < -0.39 is 5.54 Å². The van der Waals surface area contributed by atoms with Gasteiger partial charge < -0.3 is 0 Å². The number of aromatic nitrogens is 3. The number of benzene rings is 3.